The molecule has 6 nitrogen and oxygen atoms in total. The van der Waals surface area contributed by atoms with Crippen molar-refractivity contribution in [3.05, 3.63) is 24.3 Å². The van der Waals surface area contributed by atoms with Crippen molar-refractivity contribution >= 4 is 11.6 Å². The summed E-state index contributed by atoms with van der Waals surface area (Å²) in [7, 11) is 1.62. The molecule has 0 radical (unpaired) electrons. The van der Waals surface area contributed by atoms with E-state index >= 15 is 0 Å². The Bertz CT molecular complexity index is 453. The summed E-state index contributed by atoms with van der Waals surface area (Å²) in [4.78, 5) is 4.20. The van der Waals surface area contributed by atoms with Crippen LogP contribution in [0.15, 0.2) is 29.3 Å². The average Bonchev–Trinajstić information content (AvgIpc) is 2.47. The van der Waals surface area contributed by atoms with Crippen molar-refractivity contribution in [1.82, 2.24) is 0 Å². The third-order valence-electron chi connectivity index (χ3n) is 3.33. The van der Waals surface area contributed by atoms with E-state index in [1.807, 2.05) is 24.3 Å². The Morgan fingerprint density at radius 1 is 1.40 bits per heavy atom. The number of benzene rings is 1. The average molecular weight is 279 g/mol. The van der Waals surface area contributed by atoms with E-state index in [-0.39, 0.29) is 12.5 Å². The Kier molecular flexibility index (Phi) is 4.81. The molecule has 0 spiro atoms. The Balaban J connectivity index is 1.89. The number of aliphatic hydroxyl groups is 1. The molecule has 0 unspecified atom stereocenters. The predicted octanol–water partition coefficient (Wildman–Crippen LogP) is 0.963. The first-order chi connectivity index (χ1) is 9.61. The lowest BCUT2D eigenvalue weighted by Gasteiger charge is -2.30. The quantitative estimate of drug-likeness (QED) is 0.564. The lowest BCUT2D eigenvalue weighted by molar-refractivity contribution is -0.0565. The standard InChI is InChI=1S/C14H21N3O3/c1-19-12-4-2-11(3-5-12)17-13(15)16-10-14(18)6-8-20-9-7-14/h2-5,18H,6-10H2,1H3,(H3,15,16,17). The van der Waals surface area contributed by atoms with E-state index in [1.165, 1.54) is 0 Å². The predicted molar refractivity (Wildman–Crippen MR) is 78.1 cm³/mol. The Morgan fingerprint density at radius 3 is 2.65 bits per heavy atom. The summed E-state index contributed by atoms with van der Waals surface area (Å²) in [6, 6.07) is 7.37. The molecule has 1 aliphatic rings. The smallest absolute Gasteiger partial charge is 0.193 e. The van der Waals surface area contributed by atoms with Crippen LogP contribution in [0, 0.1) is 0 Å². The molecule has 110 valence electrons. The van der Waals surface area contributed by atoms with Crippen LogP contribution in [0.1, 0.15) is 12.8 Å². The van der Waals surface area contributed by atoms with Crippen LogP contribution in [-0.2, 0) is 4.74 Å². The molecular formula is C14H21N3O3. The molecule has 0 aromatic heterocycles. The van der Waals surface area contributed by atoms with Crippen molar-refractivity contribution in [3.8, 4) is 5.75 Å². The number of nitrogens with two attached hydrogens (primary N) is 1. The molecule has 4 N–H and O–H groups in total. The summed E-state index contributed by atoms with van der Waals surface area (Å²) in [5.74, 6) is 1.07. The number of ether oxygens (including phenoxy) is 2. The van der Waals surface area contributed by atoms with Gasteiger partial charge in [0.1, 0.15) is 5.75 Å². The number of guanidine groups is 1. The van der Waals surface area contributed by atoms with Gasteiger partial charge in [-0.15, -0.1) is 0 Å². The fraction of sp³-hybridized carbons (Fsp3) is 0.500. The maximum Gasteiger partial charge on any atom is 0.193 e. The van der Waals surface area contributed by atoms with Gasteiger partial charge in [0, 0.05) is 31.7 Å². The van der Waals surface area contributed by atoms with Crippen LogP contribution in [0.4, 0.5) is 5.69 Å². The zero-order chi connectivity index (χ0) is 14.4. The van der Waals surface area contributed by atoms with E-state index in [9.17, 15) is 5.11 Å². The second kappa shape index (κ2) is 6.58. The number of hydrogen-bond donors (Lipinski definition) is 3. The fourth-order valence-corrected chi connectivity index (χ4v) is 2.00. The zero-order valence-corrected chi connectivity index (χ0v) is 11.6. The fourth-order valence-electron chi connectivity index (χ4n) is 2.00. The molecule has 0 atom stereocenters. The molecule has 1 saturated heterocycles. The Morgan fingerprint density at radius 2 is 2.05 bits per heavy atom. The van der Waals surface area contributed by atoms with E-state index in [1.54, 1.807) is 7.11 Å². The molecule has 1 aromatic rings. The Hall–Kier alpha value is -1.79. The zero-order valence-electron chi connectivity index (χ0n) is 11.6. The molecule has 2 rings (SSSR count). The van der Waals surface area contributed by atoms with E-state index in [2.05, 4.69) is 10.3 Å². The number of nitrogens with zero attached hydrogens (tertiary/aromatic N) is 1. The number of rotatable bonds is 4. The van der Waals surface area contributed by atoms with Gasteiger partial charge >= 0.3 is 0 Å². The van der Waals surface area contributed by atoms with Crippen molar-refractivity contribution in [2.45, 2.75) is 18.4 Å². The third-order valence-corrected chi connectivity index (χ3v) is 3.33. The van der Waals surface area contributed by atoms with Crippen molar-refractivity contribution in [2.75, 3.05) is 32.2 Å². The molecule has 0 aliphatic carbocycles. The minimum Gasteiger partial charge on any atom is -0.497 e. The molecule has 1 aromatic carbocycles. The summed E-state index contributed by atoms with van der Waals surface area (Å²) in [6.07, 6.45) is 1.18. The van der Waals surface area contributed by atoms with Gasteiger partial charge in [0.2, 0.25) is 0 Å². The normalized spacial score (nSPS) is 18.6. The second-order valence-electron chi connectivity index (χ2n) is 4.89. The first-order valence-corrected chi connectivity index (χ1v) is 6.62. The van der Waals surface area contributed by atoms with Crippen LogP contribution in [0.3, 0.4) is 0 Å². The SMILES string of the molecule is COc1ccc(NC(N)=NCC2(O)CCOCC2)cc1. The molecule has 0 saturated carbocycles. The highest BCUT2D eigenvalue weighted by Crippen LogP contribution is 2.20. The number of anilines is 1. The van der Waals surface area contributed by atoms with Crippen molar-refractivity contribution in [2.24, 2.45) is 10.7 Å². The van der Waals surface area contributed by atoms with Crippen LogP contribution < -0.4 is 15.8 Å². The maximum absolute atomic E-state index is 10.3. The van der Waals surface area contributed by atoms with Gasteiger partial charge in [-0.1, -0.05) is 0 Å². The molecule has 20 heavy (non-hydrogen) atoms. The van der Waals surface area contributed by atoms with Gasteiger partial charge in [-0.2, -0.15) is 0 Å². The molecule has 0 amide bonds. The Labute approximate surface area is 118 Å². The molecule has 1 aliphatic heterocycles. The van der Waals surface area contributed by atoms with E-state index in [0.717, 1.165) is 11.4 Å². The highest BCUT2D eigenvalue weighted by atomic mass is 16.5. The molecule has 1 fully saturated rings. The summed E-state index contributed by atoms with van der Waals surface area (Å²) < 4.78 is 10.3. The van der Waals surface area contributed by atoms with Crippen molar-refractivity contribution < 1.29 is 14.6 Å². The first kappa shape index (κ1) is 14.6. The minimum absolute atomic E-state index is 0.283. The van der Waals surface area contributed by atoms with Crippen LogP contribution >= 0.6 is 0 Å². The van der Waals surface area contributed by atoms with Crippen LogP contribution in [0.2, 0.25) is 0 Å². The minimum atomic E-state index is -0.801. The topological polar surface area (TPSA) is 89.1 Å². The van der Waals surface area contributed by atoms with Crippen molar-refractivity contribution in [1.29, 1.82) is 0 Å². The molecular weight excluding hydrogens is 258 g/mol. The lowest BCUT2D eigenvalue weighted by Crippen LogP contribution is -2.40. The van der Waals surface area contributed by atoms with E-state index < -0.39 is 5.60 Å². The van der Waals surface area contributed by atoms with Crippen LogP contribution in [0.5, 0.6) is 5.75 Å². The monoisotopic (exact) mass is 279 g/mol. The second-order valence-corrected chi connectivity index (χ2v) is 4.89. The van der Waals surface area contributed by atoms with E-state index in [0.29, 0.717) is 26.1 Å². The lowest BCUT2D eigenvalue weighted by atomic mass is 9.95. The number of methoxy groups -OCH3 is 1. The van der Waals surface area contributed by atoms with Gasteiger partial charge in [-0.3, -0.25) is 4.99 Å². The summed E-state index contributed by atoms with van der Waals surface area (Å²) >= 11 is 0. The first-order valence-electron chi connectivity index (χ1n) is 6.62. The van der Waals surface area contributed by atoms with Crippen LogP contribution in [0.25, 0.3) is 0 Å². The van der Waals surface area contributed by atoms with Gasteiger partial charge in [0.05, 0.1) is 19.3 Å². The van der Waals surface area contributed by atoms with Gasteiger partial charge < -0.3 is 25.6 Å². The largest absolute Gasteiger partial charge is 0.497 e. The maximum atomic E-state index is 10.3. The van der Waals surface area contributed by atoms with Gasteiger partial charge in [0.15, 0.2) is 5.96 Å². The number of hydrogen-bond acceptors (Lipinski definition) is 4. The summed E-state index contributed by atoms with van der Waals surface area (Å²) in [5, 5.41) is 13.2. The summed E-state index contributed by atoms with van der Waals surface area (Å²) in [5.41, 5.74) is 5.84. The molecule has 6 heteroatoms. The van der Waals surface area contributed by atoms with Crippen molar-refractivity contribution in [3.63, 3.8) is 0 Å². The number of nitrogens with one attached hydrogen (secondary N) is 1. The van der Waals surface area contributed by atoms with Gasteiger partial charge in [-0.25, -0.2) is 0 Å². The molecule has 0 bridgehead atoms. The van der Waals surface area contributed by atoms with Gasteiger partial charge in [0.25, 0.3) is 0 Å². The number of aliphatic imine (C=N–C) groups is 1. The third kappa shape index (κ3) is 4.11. The highest BCUT2D eigenvalue weighted by molar-refractivity contribution is 5.92. The summed E-state index contributed by atoms with van der Waals surface area (Å²) in [6.45, 7) is 1.42. The highest BCUT2D eigenvalue weighted by Gasteiger charge is 2.29. The van der Waals surface area contributed by atoms with E-state index in [4.69, 9.17) is 15.2 Å². The molecule has 1 heterocycles. The van der Waals surface area contributed by atoms with Gasteiger partial charge in [-0.05, 0) is 24.3 Å². The van der Waals surface area contributed by atoms with Crippen LogP contribution in [-0.4, -0.2) is 43.5 Å².